The van der Waals surface area contributed by atoms with Crippen molar-refractivity contribution in [3.8, 4) is 0 Å². The fraction of sp³-hybridized carbons (Fsp3) is 0.409. The SMILES string of the molecule is [B]C([B])(SC(O)(CCCCC(=O)O)CCSCc1ccccc1)c1ccccc1. The largest absolute Gasteiger partial charge is 0.481 e. The number of rotatable bonds is 13. The first-order chi connectivity index (χ1) is 13.8. The average molecular weight is 424 g/mol. The zero-order valence-corrected chi connectivity index (χ0v) is 18.1. The van der Waals surface area contributed by atoms with Gasteiger partial charge in [0, 0.05) is 12.2 Å². The van der Waals surface area contributed by atoms with Crippen LogP contribution in [0.25, 0.3) is 0 Å². The Balaban J connectivity index is 1.96. The molecule has 2 rings (SSSR count). The van der Waals surface area contributed by atoms with Crippen molar-refractivity contribution in [1.29, 1.82) is 0 Å². The molecule has 2 aromatic rings. The molecule has 29 heavy (non-hydrogen) atoms. The van der Waals surface area contributed by atoms with E-state index in [-0.39, 0.29) is 6.42 Å². The van der Waals surface area contributed by atoms with Gasteiger partial charge in [-0.25, -0.2) is 0 Å². The first-order valence-corrected chi connectivity index (χ1v) is 11.7. The molecular weight excluding hydrogens is 398 g/mol. The fourth-order valence-electron chi connectivity index (χ4n) is 2.97. The van der Waals surface area contributed by atoms with Gasteiger partial charge in [0.1, 0.15) is 4.93 Å². The van der Waals surface area contributed by atoms with Crippen molar-refractivity contribution >= 4 is 45.2 Å². The summed E-state index contributed by atoms with van der Waals surface area (Å²) in [6.45, 7) is 0. The lowest BCUT2D eigenvalue weighted by molar-refractivity contribution is -0.137. The molecule has 150 valence electrons. The van der Waals surface area contributed by atoms with Gasteiger partial charge in [-0.15, -0.1) is 11.8 Å². The molecule has 0 aromatic heterocycles. The molecule has 2 aromatic carbocycles. The van der Waals surface area contributed by atoms with Crippen LogP contribution in [0.3, 0.4) is 0 Å². The zero-order chi connectivity index (χ0) is 21.2. The second kappa shape index (κ2) is 11.8. The molecule has 3 nitrogen and oxygen atoms in total. The Kier molecular flexibility index (Phi) is 9.73. The van der Waals surface area contributed by atoms with E-state index in [1.807, 2.05) is 48.5 Å². The Bertz CT molecular complexity index is 744. The quantitative estimate of drug-likeness (QED) is 0.281. The first kappa shape index (κ1) is 24.0. The molecule has 1 atom stereocenters. The number of carboxylic acids is 1. The predicted molar refractivity (Wildman–Crippen MR) is 125 cm³/mol. The summed E-state index contributed by atoms with van der Waals surface area (Å²) < 4.78 is -1.23. The lowest BCUT2D eigenvalue weighted by Crippen LogP contribution is -2.35. The van der Waals surface area contributed by atoms with E-state index >= 15 is 0 Å². The first-order valence-electron chi connectivity index (χ1n) is 9.70. The van der Waals surface area contributed by atoms with E-state index in [1.165, 1.54) is 5.56 Å². The summed E-state index contributed by atoms with van der Waals surface area (Å²) >= 11 is 2.91. The van der Waals surface area contributed by atoms with E-state index in [0.717, 1.165) is 28.8 Å². The third-order valence-corrected chi connectivity index (χ3v) is 6.93. The number of aliphatic carboxylic acids is 1. The van der Waals surface area contributed by atoms with Crippen LogP contribution in [-0.4, -0.2) is 42.6 Å². The Morgan fingerprint density at radius 2 is 1.55 bits per heavy atom. The van der Waals surface area contributed by atoms with E-state index in [1.54, 1.807) is 11.8 Å². The summed E-state index contributed by atoms with van der Waals surface area (Å²) in [5.74, 6) is 0.800. The summed E-state index contributed by atoms with van der Waals surface area (Å²) in [5.41, 5.74) is 1.98. The van der Waals surface area contributed by atoms with Gasteiger partial charge in [-0.2, -0.15) is 11.8 Å². The van der Waals surface area contributed by atoms with Gasteiger partial charge in [-0.1, -0.05) is 60.7 Å². The van der Waals surface area contributed by atoms with Crippen molar-refractivity contribution in [3.63, 3.8) is 0 Å². The van der Waals surface area contributed by atoms with Crippen LogP contribution in [0.4, 0.5) is 0 Å². The molecule has 4 radical (unpaired) electrons. The van der Waals surface area contributed by atoms with Crippen LogP contribution in [0.5, 0.6) is 0 Å². The smallest absolute Gasteiger partial charge is 0.303 e. The van der Waals surface area contributed by atoms with E-state index in [2.05, 4.69) is 12.1 Å². The number of hydrogen-bond acceptors (Lipinski definition) is 4. The van der Waals surface area contributed by atoms with Gasteiger partial charge in [0.05, 0.1) is 15.7 Å². The van der Waals surface area contributed by atoms with Crippen molar-refractivity contribution in [1.82, 2.24) is 0 Å². The van der Waals surface area contributed by atoms with Gasteiger partial charge in [0.15, 0.2) is 0 Å². The van der Waals surface area contributed by atoms with Gasteiger partial charge >= 0.3 is 5.97 Å². The summed E-state index contributed by atoms with van der Waals surface area (Å²) in [6, 6.07) is 19.5. The molecule has 2 N–H and O–H groups in total. The third-order valence-electron chi connectivity index (χ3n) is 4.54. The van der Waals surface area contributed by atoms with Crippen molar-refractivity contribution in [2.24, 2.45) is 0 Å². The third kappa shape index (κ3) is 8.93. The molecule has 0 aliphatic rings. The van der Waals surface area contributed by atoms with Crippen molar-refractivity contribution in [3.05, 3.63) is 71.8 Å². The van der Waals surface area contributed by atoms with Gasteiger partial charge in [0.2, 0.25) is 0 Å². The molecule has 7 heteroatoms. The highest BCUT2D eigenvalue weighted by molar-refractivity contribution is 8.03. The molecule has 0 amide bonds. The van der Waals surface area contributed by atoms with Crippen LogP contribution in [-0.2, 0) is 15.1 Å². The van der Waals surface area contributed by atoms with Crippen molar-refractivity contribution in [2.75, 3.05) is 5.75 Å². The number of thioether (sulfide) groups is 2. The average Bonchev–Trinajstić information content (AvgIpc) is 2.70. The predicted octanol–water partition coefficient (Wildman–Crippen LogP) is 4.52. The minimum Gasteiger partial charge on any atom is -0.481 e. The minimum atomic E-state index is -1.23. The van der Waals surface area contributed by atoms with Gasteiger partial charge in [0.25, 0.3) is 0 Å². The van der Waals surface area contributed by atoms with Crippen LogP contribution in [0.15, 0.2) is 60.7 Å². The maximum absolute atomic E-state index is 11.3. The number of carbonyl (C=O) groups is 1. The Labute approximate surface area is 184 Å². The molecule has 1 unspecified atom stereocenters. The maximum Gasteiger partial charge on any atom is 0.303 e. The molecule has 0 spiro atoms. The summed E-state index contributed by atoms with van der Waals surface area (Å²) in [5, 5.41) is 20.2. The summed E-state index contributed by atoms with van der Waals surface area (Å²) in [7, 11) is 12.7. The number of benzene rings is 2. The van der Waals surface area contributed by atoms with Gasteiger partial charge in [-0.3, -0.25) is 4.79 Å². The lowest BCUT2D eigenvalue weighted by atomic mass is 9.65. The number of hydrogen-bond donors (Lipinski definition) is 2. The van der Waals surface area contributed by atoms with Crippen molar-refractivity contribution in [2.45, 2.75) is 47.3 Å². The van der Waals surface area contributed by atoms with E-state index in [0.29, 0.717) is 25.7 Å². The molecule has 0 bridgehead atoms. The fourth-order valence-corrected chi connectivity index (χ4v) is 5.49. The van der Waals surface area contributed by atoms with Crippen LogP contribution in [0.2, 0.25) is 0 Å². The number of carboxylic acid groups (broad SMARTS) is 1. The van der Waals surface area contributed by atoms with Gasteiger partial charge in [-0.05, 0) is 47.1 Å². The van der Waals surface area contributed by atoms with Crippen molar-refractivity contribution < 1.29 is 15.0 Å². The normalized spacial score (nSPS) is 13.7. The molecule has 0 saturated carbocycles. The van der Waals surface area contributed by atoms with Crippen LogP contribution >= 0.6 is 23.5 Å². The molecule has 0 saturated heterocycles. The number of unbranched alkanes of at least 4 members (excludes halogenated alkanes) is 1. The lowest BCUT2D eigenvalue weighted by Gasteiger charge is -2.37. The van der Waals surface area contributed by atoms with Crippen LogP contribution in [0, 0.1) is 0 Å². The second-order valence-corrected chi connectivity index (χ2v) is 9.84. The molecular formula is C22H26B2O3S2. The summed E-state index contributed by atoms with van der Waals surface area (Å²) in [6.07, 6.45) is 2.18. The monoisotopic (exact) mass is 424 g/mol. The Hall–Kier alpha value is -1.30. The van der Waals surface area contributed by atoms with Gasteiger partial charge < -0.3 is 10.2 Å². The highest BCUT2D eigenvalue weighted by Crippen LogP contribution is 2.43. The number of aliphatic hydroxyl groups is 1. The van der Waals surface area contributed by atoms with E-state index in [9.17, 15) is 9.90 Å². The van der Waals surface area contributed by atoms with Crippen LogP contribution in [0.1, 0.15) is 43.2 Å². The van der Waals surface area contributed by atoms with E-state index < -0.39 is 15.4 Å². The summed E-state index contributed by atoms with van der Waals surface area (Å²) in [4.78, 5) is 9.65. The zero-order valence-electron chi connectivity index (χ0n) is 16.5. The minimum absolute atomic E-state index is 0.0958. The molecule has 0 aliphatic carbocycles. The molecule has 0 aliphatic heterocycles. The standard InChI is InChI=1S/C22H26B2O3S2/c23-22(24,19-11-5-2-6-12-19)29-21(27,14-8-7-13-20(25)26)15-16-28-17-18-9-3-1-4-10-18/h1-6,9-12,27H,7-8,13-17H2,(H,25,26). The topological polar surface area (TPSA) is 57.5 Å². The van der Waals surface area contributed by atoms with Crippen LogP contribution < -0.4 is 0 Å². The molecule has 0 fully saturated rings. The maximum atomic E-state index is 11.3. The van der Waals surface area contributed by atoms with E-state index in [4.69, 9.17) is 20.8 Å². The Morgan fingerprint density at radius 1 is 0.931 bits per heavy atom. The molecule has 0 heterocycles. The Morgan fingerprint density at radius 3 is 2.17 bits per heavy atom. The highest BCUT2D eigenvalue weighted by Gasteiger charge is 2.34. The second-order valence-electron chi connectivity index (χ2n) is 7.10. The highest BCUT2D eigenvalue weighted by atomic mass is 32.2.